The first-order valence-corrected chi connectivity index (χ1v) is 7.08. The Morgan fingerprint density at radius 3 is 2.70 bits per heavy atom. The van der Waals surface area contributed by atoms with Gasteiger partial charge in [-0.1, -0.05) is 18.9 Å². The van der Waals surface area contributed by atoms with Crippen LogP contribution >= 0.6 is 0 Å². The minimum absolute atomic E-state index is 0.124. The lowest BCUT2D eigenvalue weighted by Gasteiger charge is -2.27. The first-order valence-electron chi connectivity index (χ1n) is 7.08. The molecule has 1 aliphatic carbocycles. The van der Waals surface area contributed by atoms with Gasteiger partial charge in [-0.25, -0.2) is 0 Å². The summed E-state index contributed by atoms with van der Waals surface area (Å²) in [5.74, 6) is -1.88. The van der Waals surface area contributed by atoms with Gasteiger partial charge in [0.05, 0.1) is 11.8 Å². The zero-order valence-electron chi connectivity index (χ0n) is 11.4. The average molecular weight is 276 g/mol. The Kier molecular flexibility index (Phi) is 5.09. The van der Waals surface area contributed by atoms with Crippen molar-refractivity contribution in [3.8, 4) is 0 Å². The molecule has 1 heterocycles. The van der Waals surface area contributed by atoms with Gasteiger partial charge in [0, 0.05) is 18.9 Å². The second-order valence-corrected chi connectivity index (χ2v) is 5.24. The number of nitrogens with zero attached hydrogens (tertiary/aromatic N) is 1. The number of aliphatic carboxylic acids is 1. The number of carboxylic acid groups (broad SMARTS) is 1. The highest BCUT2D eigenvalue weighted by atomic mass is 16.4. The maximum atomic E-state index is 12.1. The van der Waals surface area contributed by atoms with Crippen molar-refractivity contribution in [1.82, 2.24) is 10.3 Å². The molecule has 108 valence electrons. The van der Waals surface area contributed by atoms with E-state index in [1.165, 1.54) is 0 Å². The monoisotopic (exact) mass is 276 g/mol. The van der Waals surface area contributed by atoms with E-state index in [0.29, 0.717) is 25.8 Å². The smallest absolute Gasteiger partial charge is 0.307 e. The lowest BCUT2D eigenvalue weighted by molar-refractivity contribution is -0.148. The van der Waals surface area contributed by atoms with E-state index < -0.39 is 11.9 Å². The standard InChI is InChI=1S/C15H20N2O3/c18-14(12-5-1-2-6-13(12)15(19)20)17-9-7-11-4-3-8-16-10-11/h3-4,8,10,12-13H,1-2,5-7,9H2,(H,17,18)(H,19,20). The quantitative estimate of drug-likeness (QED) is 0.856. The Morgan fingerprint density at radius 1 is 1.30 bits per heavy atom. The molecule has 0 aliphatic heterocycles. The Hall–Kier alpha value is -1.91. The predicted molar refractivity (Wildman–Crippen MR) is 74.0 cm³/mol. The predicted octanol–water partition coefficient (Wildman–Crippen LogP) is 1.63. The van der Waals surface area contributed by atoms with Gasteiger partial charge in [0.2, 0.25) is 5.91 Å². The van der Waals surface area contributed by atoms with Crippen LogP contribution in [-0.4, -0.2) is 28.5 Å². The van der Waals surface area contributed by atoms with Crippen molar-refractivity contribution >= 4 is 11.9 Å². The molecule has 2 atom stereocenters. The number of carbonyl (C=O) groups excluding carboxylic acids is 1. The van der Waals surface area contributed by atoms with E-state index in [1.54, 1.807) is 12.4 Å². The fourth-order valence-corrected chi connectivity index (χ4v) is 2.75. The van der Waals surface area contributed by atoms with E-state index in [2.05, 4.69) is 10.3 Å². The topological polar surface area (TPSA) is 79.3 Å². The molecule has 0 bridgehead atoms. The maximum absolute atomic E-state index is 12.1. The third-order valence-corrected chi connectivity index (χ3v) is 3.86. The molecule has 1 amide bonds. The van der Waals surface area contributed by atoms with Crippen molar-refractivity contribution in [1.29, 1.82) is 0 Å². The van der Waals surface area contributed by atoms with Gasteiger partial charge >= 0.3 is 5.97 Å². The molecule has 2 unspecified atom stereocenters. The molecular formula is C15H20N2O3. The van der Waals surface area contributed by atoms with Crippen LogP contribution in [0.25, 0.3) is 0 Å². The zero-order valence-corrected chi connectivity index (χ0v) is 11.4. The average Bonchev–Trinajstić information content (AvgIpc) is 2.48. The van der Waals surface area contributed by atoms with E-state index in [-0.39, 0.29) is 11.8 Å². The minimum Gasteiger partial charge on any atom is -0.481 e. The molecule has 1 fully saturated rings. The van der Waals surface area contributed by atoms with Crippen LogP contribution < -0.4 is 5.32 Å². The Labute approximate surface area is 118 Å². The van der Waals surface area contributed by atoms with Crippen molar-refractivity contribution < 1.29 is 14.7 Å². The van der Waals surface area contributed by atoms with Crippen molar-refractivity contribution in [2.45, 2.75) is 32.1 Å². The molecule has 1 aliphatic rings. The third-order valence-electron chi connectivity index (χ3n) is 3.86. The SMILES string of the molecule is O=C(O)C1CCCCC1C(=O)NCCc1cccnc1. The van der Waals surface area contributed by atoms with Gasteiger partial charge in [0.1, 0.15) is 0 Å². The van der Waals surface area contributed by atoms with Gasteiger partial charge in [-0.05, 0) is 30.9 Å². The minimum atomic E-state index is -0.850. The Morgan fingerprint density at radius 2 is 2.05 bits per heavy atom. The first-order chi connectivity index (χ1) is 9.68. The van der Waals surface area contributed by atoms with Crippen LogP contribution in [0.1, 0.15) is 31.2 Å². The molecule has 1 aromatic rings. The molecule has 1 aromatic heterocycles. The normalized spacial score (nSPS) is 22.2. The van der Waals surface area contributed by atoms with Gasteiger partial charge in [-0.2, -0.15) is 0 Å². The number of aromatic nitrogens is 1. The summed E-state index contributed by atoms with van der Waals surface area (Å²) in [6, 6.07) is 3.82. The Balaban J connectivity index is 1.83. The number of rotatable bonds is 5. The van der Waals surface area contributed by atoms with Crippen LogP contribution in [0.15, 0.2) is 24.5 Å². The molecule has 5 heteroatoms. The van der Waals surface area contributed by atoms with Gasteiger partial charge in [0.15, 0.2) is 0 Å². The van der Waals surface area contributed by atoms with E-state index >= 15 is 0 Å². The van der Waals surface area contributed by atoms with E-state index in [0.717, 1.165) is 18.4 Å². The largest absolute Gasteiger partial charge is 0.481 e. The van der Waals surface area contributed by atoms with Crippen LogP contribution in [0.5, 0.6) is 0 Å². The summed E-state index contributed by atoms with van der Waals surface area (Å²) in [6.07, 6.45) is 7.31. The molecule has 5 nitrogen and oxygen atoms in total. The maximum Gasteiger partial charge on any atom is 0.307 e. The van der Waals surface area contributed by atoms with E-state index in [1.807, 2.05) is 12.1 Å². The summed E-state index contributed by atoms with van der Waals surface area (Å²) in [4.78, 5) is 27.3. The van der Waals surface area contributed by atoms with Gasteiger partial charge < -0.3 is 10.4 Å². The lowest BCUT2D eigenvalue weighted by atomic mass is 9.78. The zero-order chi connectivity index (χ0) is 14.4. The van der Waals surface area contributed by atoms with E-state index in [4.69, 9.17) is 0 Å². The van der Waals surface area contributed by atoms with Crippen molar-refractivity contribution in [3.63, 3.8) is 0 Å². The number of pyridine rings is 1. The second-order valence-electron chi connectivity index (χ2n) is 5.24. The highest BCUT2D eigenvalue weighted by Gasteiger charge is 2.35. The molecular weight excluding hydrogens is 256 g/mol. The van der Waals surface area contributed by atoms with Crippen molar-refractivity contribution in [3.05, 3.63) is 30.1 Å². The summed E-state index contributed by atoms with van der Waals surface area (Å²) in [5, 5.41) is 12.0. The number of carboxylic acids is 1. The van der Waals surface area contributed by atoms with Crippen molar-refractivity contribution in [2.24, 2.45) is 11.8 Å². The second kappa shape index (κ2) is 7.03. The summed E-state index contributed by atoms with van der Waals surface area (Å²) >= 11 is 0. The van der Waals surface area contributed by atoms with Gasteiger partial charge in [-0.3, -0.25) is 14.6 Å². The first kappa shape index (κ1) is 14.5. The Bertz CT molecular complexity index is 461. The fourth-order valence-electron chi connectivity index (χ4n) is 2.75. The van der Waals surface area contributed by atoms with E-state index in [9.17, 15) is 14.7 Å². The number of amides is 1. The highest BCUT2D eigenvalue weighted by Crippen LogP contribution is 2.30. The summed E-state index contributed by atoms with van der Waals surface area (Å²) in [6.45, 7) is 0.521. The number of nitrogens with one attached hydrogen (secondary N) is 1. The molecule has 0 aromatic carbocycles. The third kappa shape index (κ3) is 3.79. The number of hydrogen-bond donors (Lipinski definition) is 2. The van der Waals surface area contributed by atoms with Crippen molar-refractivity contribution in [2.75, 3.05) is 6.54 Å². The van der Waals surface area contributed by atoms with Gasteiger partial charge in [-0.15, -0.1) is 0 Å². The van der Waals surface area contributed by atoms with Crippen LogP contribution in [0.3, 0.4) is 0 Å². The molecule has 20 heavy (non-hydrogen) atoms. The highest BCUT2D eigenvalue weighted by molar-refractivity contribution is 5.84. The van der Waals surface area contributed by atoms with Crippen LogP contribution in [0.4, 0.5) is 0 Å². The fraction of sp³-hybridized carbons (Fsp3) is 0.533. The molecule has 0 saturated heterocycles. The summed E-state index contributed by atoms with van der Waals surface area (Å²) in [5.41, 5.74) is 1.06. The molecule has 1 saturated carbocycles. The van der Waals surface area contributed by atoms with Crippen LogP contribution in [-0.2, 0) is 16.0 Å². The van der Waals surface area contributed by atoms with Crippen LogP contribution in [0, 0.1) is 11.8 Å². The molecule has 0 spiro atoms. The lowest BCUT2D eigenvalue weighted by Crippen LogP contribution is -2.40. The van der Waals surface area contributed by atoms with Gasteiger partial charge in [0.25, 0.3) is 0 Å². The molecule has 0 radical (unpaired) electrons. The summed E-state index contributed by atoms with van der Waals surface area (Å²) < 4.78 is 0. The van der Waals surface area contributed by atoms with Crippen LogP contribution in [0.2, 0.25) is 0 Å². The molecule has 2 rings (SSSR count). The summed E-state index contributed by atoms with van der Waals surface area (Å²) in [7, 11) is 0. The number of carbonyl (C=O) groups is 2. The molecule has 2 N–H and O–H groups in total. The number of hydrogen-bond acceptors (Lipinski definition) is 3.